The lowest BCUT2D eigenvalue weighted by molar-refractivity contribution is -0.135. The Balaban J connectivity index is 1.64. The Labute approximate surface area is 191 Å². The zero-order chi connectivity index (χ0) is 23.4. The van der Waals surface area contributed by atoms with Crippen molar-refractivity contribution in [2.24, 2.45) is 0 Å². The smallest absolute Gasteiger partial charge is 0.312 e. The number of fused-ring (bicyclic) bond motifs is 4. The van der Waals surface area contributed by atoms with Gasteiger partial charge in [0, 0.05) is 28.6 Å². The number of para-hydroxylation sites is 1. The lowest BCUT2D eigenvalue weighted by atomic mass is 9.85. The van der Waals surface area contributed by atoms with Crippen LogP contribution in [-0.4, -0.2) is 16.1 Å². The van der Waals surface area contributed by atoms with E-state index in [0.29, 0.717) is 22.2 Å². The van der Waals surface area contributed by atoms with Crippen LogP contribution in [0, 0.1) is 0 Å². The molecule has 0 bridgehead atoms. The molecule has 0 saturated heterocycles. The standard InChI is InChI=1S/C27H17NO6/c29-20-12-21-23(26-24(20)25(31)18(13-33-26)14-6-2-1-3-7-14)16(11-22(30)34-21)17-10-15-8-4-5-9-19(15)28-27(17)32/h1-10,12-13,16,29H,11H2,(H,28,32)/t16-/m1/s1. The molecule has 7 nitrogen and oxygen atoms in total. The van der Waals surface area contributed by atoms with Gasteiger partial charge in [-0.3, -0.25) is 14.4 Å². The molecule has 1 atom stereocenters. The van der Waals surface area contributed by atoms with Crippen molar-refractivity contribution in [3.63, 3.8) is 0 Å². The number of pyridine rings is 1. The van der Waals surface area contributed by atoms with Gasteiger partial charge in [0.25, 0.3) is 5.56 Å². The number of carbonyl (C=O) groups excluding carboxylic acids is 1. The van der Waals surface area contributed by atoms with E-state index in [1.54, 1.807) is 36.4 Å². The lowest BCUT2D eigenvalue weighted by Gasteiger charge is -2.25. The molecule has 0 saturated carbocycles. The Kier molecular flexibility index (Phi) is 4.38. The molecular formula is C27H17NO6. The highest BCUT2D eigenvalue weighted by molar-refractivity contribution is 5.94. The van der Waals surface area contributed by atoms with Gasteiger partial charge in [-0.05, 0) is 23.1 Å². The van der Waals surface area contributed by atoms with Crippen LogP contribution < -0.4 is 15.7 Å². The maximum atomic E-state index is 13.4. The topological polar surface area (TPSA) is 110 Å². The number of ether oxygens (including phenoxy) is 1. The molecule has 166 valence electrons. The van der Waals surface area contributed by atoms with Crippen molar-refractivity contribution in [2.45, 2.75) is 12.3 Å². The number of aromatic nitrogens is 1. The summed E-state index contributed by atoms with van der Waals surface area (Å²) in [6.45, 7) is 0. The van der Waals surface area contributed by atoms with Gasteiger partial charge in [-0.25, -0.2) is 0 Å². The molecular weight excluding hydrogens is 434 g/mol. The van der Waals surface area contributed by atoms with Crippen LogP contribution in [0.25, 0.3) is 33.0 Å². The average Bonchev–Trinajstić information content (AvgIpc) is 2.83. The van der Waals surface area contributed by atoms with Crippen molar-refractivity contribution in [3.05, 3.63) is 105 Å². The first-order valence-electron chi connectivity index (χ1n) is 10.7. The van der Waals surface area contributed by atoms with Gasteiger partial charge in [-0.15, -0.1) is 0 Å². The Morgan fingerprint density at radius 3 is 2.53 bits per heavy atom. The molecule has 2 N–H and O–H groups in total. The summed E-state index contributed by atoms with van der Waals surface area (Å²) in [4.78, 5) is 41.7. The molecule has 5 aromatic rings. The summed E-state index contributed by atoms with van der Waals surface area (Å²) in [6, 6.07) is 19.3. The monoisotopic (exact) mass is 451 g/mol. The quantitative estimate of drug-likeness (QED) is 0.303. The summed E-state index contributed by atoms with van der Waals surface area (Å²) >= 11 is 0. The van der Waals surface area contributed by atoms with Gasteiger partial charge in [0.1, 0.15) is 28.7 Å². The zero-order valence-electron chi connectivity index (χ0n) is 17.7. The van der Waals surface area contributed by atoms with Crippen LogP contribution in [0.5, 0.6) is 11.5 Å². The molecule has 0 spiro atoms. The van der Waals surface area contributed by atoms with Crippen LogP contribution in [0.15, 0.2) is 87.0 Å². The average molecular weight is 451 g/mol. The highest BCUT2D eigenvalue weighted by Crippen LogP contribution is 2.45. The van der Waals surface area contributed by atoms with Crippen LogP contribution >= 0.6 is 0 Å². The summed E-state index contributed by atoms with van der Waals surface area (Å²) in [5, 5.41) is 11.5. The van der Waals surface area contributed by atoms with Gasteiger partial charge < -0.3 is 19.2 Å². The number of phenolic OH excluding ortho intramolecular Hbond substituents is 1. The largest absolute Gasteiger partial charge is 0.507 e. The van der Waals surface area contributed by atoms with E-state index in [0.717, 1.165) is 5.39 Å². The van der Waals surface area contributed by atoms with E-state index < -0.39 is 17.3 Å². The van der Waals surface area contributed by atoms with Crippen LogP contribution in [0.4, 0.5) is 0 Å². The summed E-state index contributed by atoms with van der Waals surface area (Å²) < 4.78 is 11.3. The number of hydrogen-bond donors (Lipinski definition) is 2. The first kappa shape index (κ1) is 20.0. The van der Waals surface area contributed by atoms with E-state index in [1.165, 1.54) is 12.3 Å². The molecule has 0 aliphatic carbocycles. The van der Waals surface area contributed by atoms with Gasteiger partial charge in [0.05, 0.1) is 12.0 Å². The molecule has 0 radical (unpaired) electrons. The Bertz CT molecular complexity index is 1730. The van der Waals surface area contributed by atoms with Gasteiger partial charge in [-0.2, -0.15) is 0 Å². The van der Waals surface area contributed by atoms with Crippen molar-refractivity contribution >= 4 is 27.8 Å². The second kappa shape index (κ2) is 7.45. The van der Waals surface area contributed by atoms with E-state index in [9.17, 15) is 19.5 Å². The Hall–Kier alpha value is -4.65. The predicted molar refractivity (Wildman–Crippen MR) is 126 cm³/mol. The summed E-state index contributed by atoms with van der Waals surface area (Å²) in [6.07, 6.45) is 1.22. The number of rotatable bonds is 2. The Morgan fingerprint density at radius 1 is 0.941 bits per heavy atom. The molecule has 2 aromatic heterocycles. The molecule has 34 heavy (non-hydrogen) atoms. The third kappa shape index (κ3) is 3.02. The fraction of sp³-hybridized carbons (Fsp3) is 0.0741. The van der Waals surface area contributed by atoms with Crippen LogP contribution in [0.3, 0.4) is 0 Å². The molecule has 1 aliphatic rings. The minimum atomic E-state index is -0.724. The number of aromatic hydroxyl groups is 1. The van der Waals surface area contributed by atoms with E-state index in [2.05, 4.69) is 4.98 Å². The maximum Gasteiger partial charge on any atom is 0.312 e. The zero-order valence-corrected chi connectivity index (χ0v) is 17.7. The first-order valence-corrected chi connectivity index (χ1v) is 10.7. The van der Waals surface area contributed by atoms with Crippen molar-refractivity contribution in [2.75, 3.05) is 0 Å². The van der Waals surface area contributed by atoms with Crippen molar-refractivity contribution in [1.29, 1.82) is 0 Å². The van der Waals surface area contributed by atoms with Crippen LogP contribution in [0.2, 0.25) is 0 Å². The van der Waals surface area contributed by atoms with Gasteiger partial charge >= 0.3 is 5.97 Å². The van der Waals surface area contributed by atoms with Gasteiger partial charge in [0.15, 0.2) is 0 Å². The number of H-pyrrole nitrogens is 1. The molecule has 1 aliphatic heterocycles. The predicted octanol–water partition coefficient (Wildman–Crippen LogP) is 4.45. The SMILES string of the molecule is O=C1C[C@H](c2cc3ccccc3[nH]c2=O)c2c(cc(O)c3c(=O)c(-c4ccccc4)coc23)O1. The number of phenols is 1. The summed E-state index contributed by atoms with van der Waals surface area (Å²) in [5.74, 6) is -1.57. The van der Waals surface area contributed by atoms with E-state index in [-0.39, 0.29) is 40.0 Å². The van der Waals surface area contributed by atoms with Gasteiger partial charge in [-0.1, -0.05) is 48.5 Å². The molecule has 0 unspecified atom stereocenters. The molecule has 7 heteroatoms. The van der Waals surface area contributed by atoms with E-state index >= 15 is 0 Å². The number of nitrogens with one attached hydrogen (secondary N) is 1. The second-order valence-corrected chi connectivity index (χ2v) is 8.23. The molecule has 0 amide bonds. The van der Waals surface area contributed by atoms with Gasteiger partial charge in [0.2, 0.25) is 5.43 Å². The Morgan fingerprint density at radius 2 is 1.71 bits per heavy atom. The van der Waals surface area contributed by atoms with Crippen molar-refractivity contribution in [1.82, 2.24) is 4.98 Å². The number of aromatic amines is 1. The minimum absolute atomic E-state index is 0.0275. The summed E-state index contributed by atoms with van der Waals surface area (Å²) in [7, 11) is 0. The molecule has 0 fully saturated rings. The minimum Gasteiger partial charge on any atom is -0.507 e. The summed E-state index contributed by atoms with van der Waals surface area (Å²) in [5.41, 5.74) is 1.64. The highest BCUT2D eigenvalue weighted by Gasteiger charge is 2.35. The van der Waals surface area contributed by atoms with Crippen molar-refractivity contribution in [3.8, 4) is 22.6 Å². The lowest BCUT2D eigenvalue weighted by Crippen LogP contribution is -2.26. The third-order valence-electron chi connectivity index (χ3n) is 6.21. The van der Waals surface area contributed by atoms with Crippen LogP contribution in [0.1, 0.15) is 23.5 Å². The van der Waals surface area contributed by atoms with Crippen molar-refractivity contribution < 1.29 is 19.1 Å². The normalized spacial score (nSPS) is 15.3. The highest BCUT2D eigenvalue weighted by atomic mass is 16.5. The number of carbonyl (C=O) groups is 1. The fourth-order valence-corrected chi connectivity index (χ4v) is 4.64. The third-order valence-corrected chi connectivity index (χ3v) is 6.21. The molecule has 3 aromatic carbocycles. The molecule has 6 rings (SSSR count). The van der Waals surface area contributed by atoms with E-state index in [1.807, 2.05) is 24.3 Å². The number of benzene rings is 3. The van der Waals surface area contributed by atoms with Crippen LogP contribution in [-0.2, 0) is 4.79 Å². The van der Waals surface area contributed by atoms with E-state index in [4.69, 9.17) is 9.15 Å². The number of esters is 1. The first-order chi connectivity index (χ1) is 16.5. The fourth-order valence-electron chi connectivity index (χ4n) is 4.64. The molecule has 3 heterocycles. The maximum absolute atomic E-state index is 13.4. The second-order valence-electron chi connectivity index (χ2n) is 8.23. The number of hydrogen-bond acceptors (Lipinski definition) is 6.